The summed E-state index contributed by atoms with van der Waals surface area (Å²) < 4.78 is 0. The molecule has 3 heteroatoms. The summed E-state index contributed by atoms with van der Waals surface area (Å²) in [6.07, 6.45) is 3.97. The van der Waals surface area contributed by atoms with Crippen LogP contribution in [0.25, 0.3) is 0 Å². The van der Waals surface area contributed by atoms with Crippen molar-refractivity contribution in [2.45, 2.75) is 25.8 Å². The first-order chi connectivity index (χ1) is 10.3. The van der Waals surface area contributed by atoms with Gasteiger partial charge in [0.05, 0.1) is 0 Å². The molecule has 0 radical (unpaired) electrons. The lowest BCUT2D eigenvalue weighted by atomic mass is 10.1. The van der Waals surface area contributed by atoms with Gasteiger partial charge in [0.25, 0.3) is 0 Å². The molecule has 0 saturated carbocycles. The molecule has 0 unspecified atom stereocenters. The molecule has 2 N–H and O–H groups in total. The second-order valence-corrected chi connectivity index (χ2v) is 5.62. The van der Waals surface area contributed by atoms with E-state index in [1.54, 1.807) is 12.1 Å². The van der Waals surface area contributed by atoms with Crippen molar-refractivity contribution in [1.29, 1.82) is 0 Å². The van der Waals surface area contributed by atoms with Crippen LogP contribution in [0.15, 0.2) is 48.5 Å². The van der Waals surface area contributed by atoms with Gasteiger partial charge in [0, 0.05) is 31.0 Å². The van der Waals surface area contributed by atoms with Crippen LogP contribution in [0.1, 0.15) is 24.8 Å². The number of nitrogens with zero attached hydrogens (tertiary/aromatic N) is 1. The maximum atomic E-state index is 9.46. The molecule has 2 aromatic rings. The van der Waals surface area contributed by atoms with Crippen LogP contribution < -0.4 is 10.2 Å². The number of benzene rings is 2. The van der Waals surface area contributed by atoms with Gasteiger partial charge in [0.15, 0.2) is 0 Å². The number of hydrogen-bond donors (Lipinski definition) is 2. The van der Waals surface area contributed by atoms with Crippen LogP contribution >= 0.6 is 0 Å². The summed E-state index contributed by atoms with van der Waals surface area (Å²) in [6, 6.07) is 16.0. The van der Waals surface area contributed by atoms with Crippen LogP contribution in [-0.4, -0.2) is 18.2 Å². The maximum Gasteiger partial charge on any atom is 0.115 e. The minimum atomic E-state index is 0.315. The summed E-state index contributed by atoms with van der Waals surface area (Å²) in [7, 11) is 0. The number of aromatic hydroxyl groups is 1. The molecular formula is C18H22N2O. The second-order valence-electron chi connectivity index (χ2n) is 5.62. The van der Waals surface area contributed by atoms with Crippen molar-refractivity contribution in [2.24, 2.45) is 0 Å². The number of nitrogens with one attached hydrogen (secondary N) is 1. The van der Waals surface area contributed by atoms with Gasteiger partial charge in [-0.2, -0.15) is 0 Å². The molecule has 3 rings (SSSR count). The highest BCUT2D eigenvalue weighted by atomic mass is 16.3. The average Bonchev–Trinajstić information content (AvgIpc) is 2.54. The molecule has 2 aromatic carbocycles. The van der Waals surface area contributed by atoms with Crippen LogP contribution in [0, 0.1) is 0 Å². The summed E-state index contributed by atoms with van der Waals surface area (Å²) >= 11 is 0. The fraction of sp³-hybridized carbons (Fsp3) is 0.333. The summed E-state index contributed by atoms with van der Waals surface area (Å²) in [5.41, 5.74) is 3.51. The van der Waals surface area contributed by atoms with E-state index in [1.165, 1.54) is 38.0 Å². The molecule has 0 atom stereocenters. The SMILES string of the molecule is Oc1cccc(CNc2ccc(N3CCCCC3)cc2)c1. The molecule has 0 spiro atoms. The first-order valence-electron chi connectivity index (χ1n) is 7.68. The van der Waals surface area contributed by atoms with Gasteiger partial charge in [-0.1, -0.05) is 12.1 Å². The summed E-state index contributed by atoms with van der Waals surface area (Å²) in [5.74, 6) is 0.315. The highest BCUT2D eigenvalue weighted by Gasteiger charge is 2.10. The molecule has 1 saturated heterocycles. The Hall–Kier alpha value is -2.16. The number of anilines is 2. The zero-order valence-electron chi connectivity index (χ0n) is 12.3. The van der Waals surface area contributed by atoms with Crippen molar-refractivity contribution in [3.63, 3.8) is 0 Å². The van der Waals surface area contributed by atoms with Crippen molar-refractivity contribution in [3.8, 4) is 5.75 Å². The third kappa shape index (κ3) is 3.69. The average molecular weight is 282 g/mol. The first kappa shape index (κ1) is 13.8. The van der Waals surface area contributed by atoms with Crippen molar-refractivity contribution < 1.29 is 5.11 Å². The molecule has 0 bridgehead atoms. The normalized spacial score (nSPS) is 15.0. The monoisotopic (exact) mass is 282 g/mol. The number of rotatable bonds is 4. The van der Waals surface area contributed by atoms with E-state index in [1.807, 2.05) is 12.1 Å². The van der Waals surface area contributed by atoms with E-state index in [2.05, 4.69) is 34.5 Å². The van der Waals surface area contributed by atoms with E-state index in [4.69, 9.17) is 0 Å². The molecule has 1 aliphatic rings. The molecule has 1 aliphatic heterocycles. The fourth-order valence-electron chi connectivity index (χ4n) is 2.81. The Kier molecular flexibility index (Phi) is 4.29. The highest BCUT2D eigenvalue weighted by Crippen LogP contribution is 2.22. The lowest BCUT2D eigenvalue weighted by molar-refractivity contribution is 0.474. The van der Waals surface area contributed by atoms with E-state index < -0.39 is 0 Å². The molecule has 1 heterocycles. The van der Waals surface area contributed by atoms with Crippen molar-refractivity contribution in [2.75, 3.05) is 23.3 Å². The van der Waals surface area contributed by atoms with E-state index >= 15 is 0 Å². The quantitative estimate of drug-likeness (QED) is 0.890. The zero-order valence-corrected chi connectivity index (χ0v) is 12.3. The van der Waals surface area contributed by atoms with E-state index in [0.717, 1.165) is 17.8 Å². The molecule has 21 heavy (non-hydrogen) atoms. The third-order valence-corrected chi connectivity index (χ3v) is 4.00. The van der Waals surface area contributed by atoms with E-state index in [9.17, 15) is 5.11 Å². The van der Waals surface area contributed by atoms with Gasteiger partial charge in [-0.3, -0.25) is 0 Å². The van der Waals surface area contributed by atoms with Crippen LogP contribution in [0.4, 0.5) is 11.4 Å². The van der Waals surface area contributed by atoms with Crippen molar-refractivity contribution >= 4 is 11.4 Å². The Morgan fingerprint density at radius 2 is 1.71 bits per heavy atom. The molecule has 0 amide bonds. The van der Waals surface area contributed by atoms with Gasteiger partial charge in [0.1, 0.15) is 5.75 Å². The molecule has 110 valence electrons. The molecule has 0 aromatic heterocycles. The molecule has 3 nitrogen and oxygen atoms in total. The van der Waals surface area contributed by atoms with E-state index in [0.29, 0.717) is 5.75 Å². The second kappa shape index (κ2) is 6.53. The largest absolute Gasteiger partial charge is 0.508 e. The predicted molar refractivity (Wildman–Crippen MR) is 87.9 cm³/mol. The van der Waals surface area contributed by atoms with Gasteiger partial charge < -0.3 is 15.3 Å². The topological polar surface area (TPSA) is 35.5 Å². The van der Waals surface area contributed by atoms with Crippen LogP contribution in [0.5, 0.6) is 5.75 Å². The minimum absolute atomic E-state index is 0.315. The first-order valence-corrected chi connectivity index (χ1v) is 7.68. The smallest absolute Gasteiger partial charge is 0.115 e. The fourth-order valence-corrected chi connectivity index (χ4v) is 2.81. The van der Waals surface area contributed by atoms with Crippen LogP contribution in [-0.2, 0) is 6.54 Å². The Morgan fingerprint density at radius 1 is 0.952 bits per heavy atom. The van der Waals surface area contributed by atoms with Crippen LogP contribution in [0.3, 0.4) is 0 Å². The molecule has 0 aliphatic carbocycles. The van der Waals surface area contributed by atoms with E-state index in [-0.39, 0.29) is 0 Å². The molecule has 1 fully saturated rings. The van der Waals surface area contributed by atoms with Gasteiger partial charge >= 0.3 is 0 Å². The van der Waals surface area contributed by atoms with Gasteiger partial charge in [-0.15, -0.1) is 0 Å². The summed E-state index contributed by atoms with van der Waals surface area (Å²) in [6.45, 7) is 3.07. The number of piperidine rings is 1. The summed E-state index contributed by atoms with van der Waals surface area (Å²) in [5, 5.41) is 12.8. The standard InChI is InChI=1S/C18H22N2O/c21-18-6-4-5-15(13-18)14-19-16-7-9-17(10-8-16)20-11-2-1-3-12-20/h4-10,13,19,21H,1-3,11-12,14H2. The van der Waals surface area contributed by atoms with Gasteiger partial charge in [0.2, 0.25) is 0 Å². The number of hydrogen-bond acceptors (Lipinski definition) is 3. The molecular weight excluding hydrogens is 260 g/mol. The Balaban J connectivity index is 1.59. The third-order valence-electron chi connectivity index (χ3n) is 4.00. The van der Waals surface area contributed by atoms with Gasteiger partial charge in [-0.25, -0.2) is 0 Å². The highest BCUT2D eigenvalue weighted by molar-refractivity contribution is 5.55. The zero-order chi connectivity index (χ0) is 14.5. The summed E-state index contributed by atoms with van der Waals surface area (Å²) in [4.78, 5) is 2.46. The Bertz CT molecular complexity index is 574. The van der Waals surface area contributed by atoms with Crippen LogP contribution in [0.2, 0.25) is 0 Å². The maximum absolute atomic E-state index is 9.46. The Morgan fingerprint density at radius 3 is 2.43 bits per heavy atom. The number of phenolic OH excluding ortho intramolecular Hbond substituents is 1. The lowest BCUT2D eigenvalue weighted by Crippen LogP contribution is -2.29. The predicted octanol–water partition coefficient (Wildman–Crippen LogP) is 3.99. The van der Waals surface area contributed by atoms with Gasteiger partial charge in [-0.05, 0) is 61.2 Å². The number of phenols is 1. The minimum Gasteiger partial charge on any atom is -0.508 e. The lowest BCUT2D eigenvalue weighted by Gasteiger charge is -2.28. The Labute approximate surface area is 126 Å². The van der Waals surface area contributed by atoms with Crippen molar-refractivity contribution in [3.05, 3.63) is 54.1 Å². The van der Waals surface area contributed by atoms with Crippen molar-refractivity contribution in [1.82, 2.24) is 0 Å².